The van der Waals surface area contributed by atoms with Crippen molar-refractivity contribution in [2.24, 2.45) is 0 Å². The van der Waals surface area contributed by atoms with Crippen LogP contribution in [-0.4, -0.2) is 27.5 Å². The number of para-hydroxylation sites is 1. The van der Waals surface area contributed by atoms with Gasteiger partial charge in [-0.05, 0) is 51.0 Å². The molecule has 2 aromatic carbocycles. The normalized spacial score (nSPS) is 17.8. The second-order valence-corrected chi connectivity index (χ2v) is 8.65. The van der Waals surface area contributed by atoms with Gasteiger partial charge >= 0.3 is 0 Å². The molecule has 1 saturated carbocycles. The molecule has 1 fully saturated rings. The van der Waals surface area contributed by atoms with Gasteiger partial charge in [0.25, 0.3) is 0 Å². The molecule has 150 valence electrons. The van der Waals surface area contributed by atoms with E-state index in [-0.39, 0.29) is 6.10 Å². The predicted molar refractivity (Wildman–Crippen MR) is 114 cm³/mol. The maximum Gasteiger partial charge on any atom is 0.196 e. The standard InChI is InChI=1S/C23H25N3O2S/c1-3-27-20-12-17-11-15(2)28-21(17)13-18(20)14-29-23-25-24-22(16-9-10-16)26(23)19-7-5-4-6-8-19/h4-8,12-13,15-16H,3,9-11,14H2,1-2H3. The maximum absolute atomic E-state index is 5.97. The molecule has 2 aliphatic rings. The summed E-state index contributed by atoms with van der Waals surface area (Å²) in [4.78, 5) is 0. The molecule has 6 heteroatoms. The van der Waals surface area contributed by atoms with Crippen LogP contribution in [0.25, 0.3) is 5.69 Å². The monoisotopic (exact) mass is 407 g/mol. The topological polar surface area (TPSA) is 49.2 Å². The third-order valence-corrected chi connectivity index (χ3v) is 6.33. The summed E-state index contributed by atoms with van der Waals surface area (Å²) < 4.78 is 14.1. The molecule has 1 aliphatic heterocycles. The second-order valence-electron chi connectivity index (χ2n) is 7.71. The third kappa shape index (κ3) is 3.73. The number of hydrogen-bond acceptors (Lipinski definition) is 5. The van der Waals surface area contributed by atoms with Gasteiger partial charge in [0.15, 0.2) is 5.16 Å². The Morgan fingerprint density at radius 3 is 2.76 bits per heavy atom. The Morgan fingerprint density at radius 1 is 1.17 bits per heavy atom. The van der Waals surface area contributed by atoms with E-state index in [1.165, 1.54) is 18.4 Å². The van der Waals surface area contributed by atoms with E-state index in [0.717, 1.165) is 45.9 Å². The summed E-state index contributed by atoms with van der Waals surface area (Å²) in [7, 11) is 0. The molecule has 0 bridgehead atoms. The highest BCUT2D eigenvalue weighted by atomic mass is 32.2. The Kier molecular flexibility index (Phi) is 4.96. The van der Waals surface area contributed by atoms with Crippen molar-refractivity contribution in [2.75, 3.05) is 6.61 Å². The fourth-order valence-electron chi connectivity index (χ4n) is 3.83. The van der Waals surface area contributed by atoms with E-state index in [1.807, 2.05) is 13.0 Å². The Hall–Kier alpha value is -2.47. The summed E-state index contributed by atoms with van der Waals surface area (Å²) >= 11 is 1.70. The van der Waals surface area contributed by atoms with Crippen LogP contribution in [0.4, 0.5) is 0 Å². The van der Waals surface area contributed by atoms with Crippen molar-refractivity contribution in [2.45, 2.75) is 56.0 Å². The Balaban J connectivity index is 1.44. The highest BCUT2D eigenvalue weighted by Gasteiger charge is 2.31. The molecule has 1 aliphatic carbocycles. The van der Waals surface area contributed by atoms with Crippen molar-refractivity contribution in [3.63, 3.8) is 0 Å². The van der Waals surface area contributed by atoms with Crippen molar-refractivity contribution in [1.82, 2.24) is 14.8 Å². The van der Waals surface area contributed by atoms with Gasteiger partial charge in [0.05, 0.1) is 6.61 Å². The van der Waals surface area contributed by atoms with Crippen molar-refractivity contribution >= 4 is 11.8 Å². The molecular formula is C23H25N3O2S. The molecule has 0 radical (unpaired) electrons. The van der Waals surface area contributed by atoms with Crippen LogP contribution in [0.1, 0.15) is 49.6 Å². The summed E-state index contributed by atoms with van der Waals surface area (Å²) in [6, 6.07) is 14.7. The number of rotatable bonds is 7. The minimum atomic E-state index is 0.227. The lowest BCUT2D eigenvalue weighted by Gasteiger charge is -2.13. The van der Waals surface area contributed by atoms with Crippen LogP contribution < -0.4 is 9.47 Å². The van der Waals surface area contributed by atoms with Crippen molar-refractivity contribution < 1.29 is 9.47 Å². The Bertz CT molecular complexity index is 1010. The molecule has 29 heavy (non-hydrogen) atoms. The van der Waals surface area contributed by atoms with Gasteiger partial charge in [0.1, 0.15) is 23.4 Å². The fraction of sp³-hybridized carbons (Fsp3) is 0.391. The number of hydrogen-bond donors (Lipinski definition) is 0. The molecule has 1 unspecified atom stereocenters. The smallest absolute Gasteiger partial charge is 0.196 e. The van der Waals surface area contributed by atoms with Crippen molar-refractivity contribution in [1.29, 1.82) is 0 Å². The van der Waals surface area contributed by atoms with Gasteiger partial charge in [-0.2, -0.15) is 0 Å². The minimum absolute atomic E-state index is 0.227. The zero-order valence-electron chi connectivity index (χ0n) is 16.8. The average molecular weight is 408 g/mol. The van der Waals surface area contributed by atoms with Gasteiger partial charge in [0, 0.05) is 34.9 Å². The lowest BCUT2D eigenvalue weighted by molar-refractivity contribution is 0.254. The molecule has 5 rings (SSSR count). The highest BCUT2D eigenvalue weighted by Crippen LogP contribution is 2.42. The lowest BCUT2D eigenvalue weighted by Crippen LogP contribution is -2.05. The van der Waals surface area contributed by atoms with Gasteiger partial charge in [-0.15, -0.1) is 10.2 Å². The van der Waals surface area contributed by atoms with Crippen LogP contribution >= 0.6 is 11.8 Å². The van der Waals surface area contributed by atoms with Crippen LogP contribution in [0.2, 0.25) is 0 Å². The molecule has 0 amide bonds. The number of fused-ring (bicyclic) bond motifs is 1. The van der Waals surface area contributed by atoms with Crippen LogP contribution in [0, 0.1) is 0 Å². The van der Waals surface area contributed by atoms with Gasteiger partial charge in [-0.1, -0.05) is 30.0 Å². The summed E-state index contributed by atoms with van der Waals surface area (Å²) in [5.41, 5.74) is 3.50. The maximum atomic E-state index is 5.97. The third-order valence-electron chi connectivity index (χ3n) is 5.35. The van der Waals surface area contributed by atoms with Crippen LogP contribution in [0.3, 0.4) is 0 Å². The number of ether oxygens (including phenoxy) is 2. The Morgan fingerprint density at radius 2 is 2.00 bits per heavy atom. The number of benzene rings is 2. The first kappa shape index (κ1) is 18.6. The largest absolute Gasteiger partial charge is 0.494 e. The van der Waals surface area contributed by atoms with Gasteiger partial charge in [-0.25, -0.2) is 0 Å². The summed E-state index contributed by atoms with van der Waals surface area (Å²) in [6.45, 7) is 4.78. The number of thioether (sulfide) groups is 1. The molecule has 3 aromatic rings. The van der Waals surface area contributed by atoms with E-state index >= 15 is 0 Å². The molecule has 0 saturated heterocycles. The van der Waals surface area contributed by atoms with Gasteiger partial charge < -0.3 is 9.47 Å². The summed E-state index contributed by atoms with van der Waals surface area (Å²) in [6.07, 6.45) is 3.56. The second kappa shape index (κ2) is 7.75. The van der Waals surface area contributed by atoms with E-state index in [4.69, 9.17) is 9.47 Å². The minimum Gasteiger partial charge on any atom is -0.494 e. The van der Waals surface area contributed by atoms with E-state index in [9.17, 15) is 0 Å². The number of aromatic nitrogens is 3. The SMILES string of the molecule is CCOc1cc2c(cc1CSc1nnc(C3CC3)n1-c1ccccc1)OC(C)C2. The average Bonchev–Trinajstić information content (AvgIpc) is 3.38. The van der Waals surface area contributed by atoms with Crippen molar-refractivity contribution in [3.8, 4) is 17.2 Å². The first-order chi connectivity index (χ1) is 14.2. The molecule has 1 aromatic heterocycles. The highest BCUT2D eigenvalue weighted by molar-refractivity contribution is 7.98. The first-order valence-electron chi connectivity index (χ1n) is 10.3. The van der Waals surface area contributed by atoms with Gasteiger partial charge in [-0.3, -0.25) is 4.57 Å². The Labute approximate surface area is 175 Å². The van der Waals surface area contributed by atoms with Crippen LogP contribution in [0.15, 0.2) is 47.6 Å². The zero-order chi connectivity index (χ0) is 19.8. The zero-order valence-corrected chi connectivity index (χ0v) is 17.6. The van der Waals surface area contributed by atoms with Crippen LogP contribution in [0.5, 0.6) is 11.5 Å². The van der Waals surface area contributed by atoms with E-state index in [0.29, 0.717) is 12.5 Å². The summed E-state index contributed by atoms with van der Waals surface area (Å²) in [5.74, 6) is 4.31. The molecule has 0 spiro atoms. The molecule has 1 atom stereocenters. The summed E-state index contributed by atoms with van der Waals surface area (Å²) in [5, 5.41) is 9.99. The first-order valence-corrected chi connectivity index (χ1v) is 11.3. The van der Waals surface area contributed by atoms with E-state index < -0.39 is 0 Å². The van der Waals surface area contributed by atoms with Crippen LogP contribution in [-0.2, 0) is 12.2 Å². The predicted octanol–water partition coefficient (Wildman–Crippen LogP) is 5.16. The fourth-order valence-corrected chi connectivity index (χ4v) is 4.76. The molecule has 0 N–H and O–H groups in total. The van der Waals surface area contributed by atoms with E-state index in [2.05, 4.69) is 58.1 Å². The van der Waals surface area contributed by atoms with E-state index in [1.54, 1.807) is 11.8 Å². The number of nitrogens with zero attached hydrogens (tertiary/aromatic N) is 3. The molecule has 2 heterocycles. The molecule has 5 nitrogen and oxygen atoms in total. The quantitative estimate of drug-likeness (QED) is 0.506. The molecular weight excluding hydrogens is 382 g/mol. The van der Waals surface area contributed by atoms with Gasteiger partial charge in [0.2, 0.25) is 0 Å². The van der Waals surface area contributed by atoms with Crippen molar-refractivity contribution in [3.05, 3.63) is 59.4 Å². The lowest BCUT2D eigenvalue weighted by atomic mass is 10.1.